The molecule has 0 radical (unpaired) electrons. The maximum atomic E-state index is 12.7. The van der Waals surface area contributed by atoms with Gasteiger partial charge in [-0.05, 0) is 49.2 Å². The van der Waals surface area contributed by atoms with Crippen LogP contribution >= 0.6 is 11.8 Å². The topological polar surface area (TPSA) is 94.6 Å². The Kier molecular flexibility index (Phi) is 6.71. The molecule has 9 heteroatoms. The van der Waals surface area contributed by atoms with Gasteiger partial charge in [0, 0.05) is 55.8 Å². The first-order valence-corrected chi connectivity index (χ1v) is 11.4. The van der Waals surface area contributed by atoms with Crippen LogP contribution in [0, 0.1) is 0 Å². The Labute approximate surface area is 185 Å². The van der Waals surface area contributed by atoms with E-state index in [1.54, 1.807) is 47.1 Å². The molecule has 4 amide bonds. The first kappa shape index (κ1) is 21.2. The van der Waals surface area contributed by atoms with Gasteiger partial charge in [0.2, 0.25) is 5.91 Å². The summed E-state index contributed by atoms with van der Waals surface area (Å²) in [6.07, 6.45) is 4.02. The zero-order valence-electron chi connectivity index (χ0n) is 17.2. The Bertz CT molecular complexity index is 966. The third-order valence-corrected chi connectivity index (χ3v) is 6.28. The van der Waals surface area contributed by atoms with Gasteiger partial charge in [0.15, 0.2) is 0 Å². The summed E-state index contributed by atoms with van der Waals surface area (Å²) in [5.74, 6) is 0.827. The van der Waals surface area contributed by atoms with Gasteiger partial charge in [0.25, 0.3) is 5.91 Å². The number of hydrogen-bond acceptors (Lipinski definition) is 5. The summed E-state index contributed by atoms with van der Waals surface area (Å²) in [6.45, 7) is 2.62. The quantitative estimate of drug-likeness (QED) is 0.675. The number of carbonyl (C=O) groups excluding carboxylic acids is 3. The van der Waals surface area contributed by atoms with Crippen LogP contribution in [0.15, 0.2) is 47.6 Å². The van der Waals surface area contributed by atoms with Crippen LogP contribution in [0.2, 0.25) is 0 Å². The lowest BCUT2D eigenvalue weighted by Gasteiger charge is -2.28. The van der Waals surface area contributed by atoms with Gasteiger partial charge < -0.3 is 15.5 Å². The Hall–Kier alpha value is -3.07. The monoisotopic (exact) mass is 439 g/mol. The van der Waals surface area contributed by atoms with Gasteiger partial charge in [-0.25, -0.2) is 9.78 Å². The Morgan fingerprint density at radius 3 is 2.74 bits per heavy atom. The molecule has 4 rings (SSSR count). The fourth-order valence-electron chi connectivity index (χ4n) is 3.67. The molecule has 1 saturated heterocycles. The lowest BCUT2D eigenvalue weighted by atomic mass is 10.2. The van der Waals surface area contributed by atoms with E-state index in [0.717, 1.165) is 35.9 Å². The SMILES string of the molecule is O=C(NCCCN1CCCC1=O)c1ccc(NC(=O)N2CCSc3ncccc32)cc1. The number of thioether (sulfide) groups is 1. The molecule has 2 aromatic rings. The van der Waals surface area contributed by atoms with Crippen LogP contribution in [0.3, 0.4) is 0 Å². The first-order chi connectivity index (χ1) is 15.1. The van der Waals surface area contributed by atoms with Crippen molar-refractivity contribution in [3.05, 3.63) is 48.2 Å². The van der Waals surface area contributed by atoms with Crippen molar-refractivity contribution in [2.75, 3.05) is 42.1 Å². The molecule has 2 N–H and O–H groups in total. The van der Waals surface area contributed by atoms with Crippen molar-refractivity contribution in [1.29, 1.82) is 0 Å². The van der Waals surface area contributed by atoms with Gasteiger partial charge in [0.05, 0.1) is 5.69 Å². The van der Waals surface area contributed by atoms with Gasteiger partial charge in [-0.1, -0.05) is 0 Å². The summed E-state index contributed by atoms with van der Waals surface area (Å²) in [5, 5.41) is 6.62. The molecule has 31 heavy (non-hydrogen) atoms. The van der Waals surface area contributed by atoms with Crippen LogP contribution in [0.5, 0.6) is 0 Å². The standard InChI is InChI=1S/C22H25N5O3S/c28-19-5-2-12-26(19)13-3-11-23-20(29)16-6-8-17(9-7-16)25-22(30)27-14-15-31-21-18(27)4-1-10-24-21/h1,4,6-10H,2-3,5,11-15H2,(H,23,29)(H,25,30). The number of amides is 4. The highest BCUT2D eigenvalue weighted by Gasteiger charge is 2.23. The summed E-state index contributed by atoms with van der Waals surface area (Å²) >= 11 is 1.64. The van der Waals surface area contributed by atoms with E-state index in [-0.39, 0.29) is 17.8 Å². The minimum atomic E-state index is -0.219. The van der Waals surface area contributed by atoms with Crippen LogP contribution in [-0.4, -0.2) is 59.7 Å². The Balaban J connectivity index is 1.27. The molecule has 162 valence electrons. The summed E-state index contributed by atoms with van der Waals surface area (Å²) in [4.78, 5) is 44.5. The maximum Gasteiger partial charge on any atom is 0.326 e. The van der Waals surface area contributed by atoms with Crippen molar-refractivity contribution in [2.24, 2.45) is 0 Å². The van der Waals surface area contributed by atoms with Crippen LogP contribution < -0.4 is 15.5 Å². The Morgan fingerprint density at radius 1 is 1.13 bits per heavy atom. The molecular weight excluding hydrogens is 414 g/mol. The van der Waals surface area contributed by atoms with E-state index in [1.165, 1.54) is 0 Å². The number of aromatic nitrogens is 1. The molecule has 1 aromatic carbocycles. The lowest BCUT2D eigenvalue weighted by molar-refractivity contribution is -0.127. The van der Waals surface area contributed by atoms with E-state index >= 15 is 0 Å². The molecular formula is C22H25N5O3S. The van der Waals surface area contributed by atoms with E-state index in [4.69, 9.17) is 0 Å². The fourth-order valence-corrected chi connectivity index (χ4v) is 4.60. The van der Waals surface area contributed by atoms with Gasteiger partial charge in [-0.15, -0.1) is 11.8 Å². The summed E-state index contributed by atoms with van der Waals surface area (Å²) in [6, 6.07) is 10.3. The highest BCUT2D eigenvalue weighted by molar-refractivity contribution is 7.99. The second-order valence-corrected chi connectivity index (χ2v) is 8.51. The second kappa shape index (κ2) is 9.82. The number of anilines is 2. The highest BCUT2D eigenvalue weighted by Crippen LogP contribution is 2.32. The van der Waals surface area contributed by atoms with Crippen molar-refractivity contribution >= 4 is 41.0 Å². The number of urea groups is 1. The van der Waals surface area contributed by atoms with Gasteiger partial charge >= 0.3 is 6.03 Å². The van der Waals surface area contributed by atoms with Crippen molar-refractivity contribution in [2.45, 2.75) is 24.3 Å². The van der Waals surface area contributed by atoms with Crippen LogP contribution in [0.4, 0.5) is 16.2 Å². The predicted octanol–water partition coefficient (Wildman–Crippen LogP) is 2.97. The van der Waals surface area contributed by atoms with Gasteiger partial charge in [-0.2, -0.15) is 0 Å². The fraction of sp³-hybridized carbons (Fsp3) is 0.364. The van der Waals surface area contributed by atoms with E-state index in [2.05, 4.69) is 15.6 Å². The molecule has 2 aliphatic rings. The first-order valence-electron chi connectivity index (χ1n) is 10.4. The average Bonchev–Trinajstić information content (AvgIpc) is 3.21. The molecule has 0 bridgehead atoms. The lowest BCUT2D eigenvalue weighted by Crippen LogP contribution is -2.38. The molecule has 1 aromatic heterocycles. The molecule has 0 unspecified atom stereocenters. The average molecular weight is 440 g/mol. The molecule has 3 heterocycles. The molecule has 1 fully saturated rings. The largest absolute Gasteiger partial charge is 0.352 e. The van der Waals surface area contributed by atoms with E-state index in [1.807, 2.05) is 17.0 Å². The molecule has 0 spiro atoms. The molecule has 0 aliphatic carbocycles. The van der Waals surface area contributed by atoms with E-state index in [0.29, 0.717) is 37.3 Å². The van der Waals surface area contributed by atoms with Crippen LogP contribution in [-0.2, 0) is 4.79 Å². The number of rotatable bonds is 6. The number of nitrogens with one attached hydrogen (secondary N) is 2. The number of likely N-dealkylation sites (tertiary alicyclic amines) is 1. The molecule has 8 nitrogen and oxygen atoms in total. The van der Waals surface area contributed by atoms with Crippen molar-refractivity contribution in [3.8, 4) is 0 Å². The number of carbonyl (C=O) groups is 3. The molecule has 0 atom stereocenters. The number of benzene rings is 1. The molecule has 0 saturated carbocycles. The zero-order chi connectivity index (χ0) is 21.6. The highest BCUT2D eigenvalue weighted by atomic mass is 32.2. The Morgan fingerprint density at radius 2 is 1.97 bits per heavy atom. The van der Waals surface area contributed by atoms with Crippen LogP contribution in [0.25, 0.3) is 0 Å². The smallest absolute Gasteiger partial charge is 0.326 e. The number of pyridine rings is 1. The van der Waals surface area contributed by atoms with Crippen molar-refractivity contribution < 1.29 is 14.4 Å². The molecule has 2 aliphatic heterocycles. The van der Waals surface area contributed by atoms with Crippen LogP contribution in [0.1, 0.15) is 29.6 Å². The van der Waals surface area contributed by atoms with E-state index < -0.39 is 0 Å². The predicted molar refractivity (Wildman–Crippen MR) is 121 cm³/mol. The minimum Gasteiger partial charge on any atom is -0.352 e. The van der Waals surface area contributed by atoms with Crippen molar-refractivity contribution in [1.82, 2.24) is 15.2 Å². The summed E-state index contributed by atoms with van der Waals surface area (Å²) < 4.78 is 0. The van der Waals surface area contributed by atoms with E-state index in [9.17, 15) is 14.4 Å². The third kappa shape index (κ3) is 5.16. The normalized spacial score (nSPS) is 15.5. The summed E-state index contributed by atoms with van der Waals surface area (Å²) in [7, 11) is 0. The second-order valence-electron chi connectivity index (χ2n) is 7.43. The number of fused-ring (bicyclic) bond motifs is 1. The summed E-state index contributed by atoms with van der Waals surface area (Å²) in [5.41, 5.74) is 1.96. The zero-order valence-corrected chi connectivity index (χ0v) is 18.0. The number of hydrogen-bond donors (Lipinski definition) is 2. The maximum absolute atomic E-state index is 12.7. The number of nitrogens with zero attached hydrogens (tertiary/aromatic N) is 3. The van der Waals surface area contributed by atoms with Gasteiger partial charge in [0.1, 0.15) is 5.03 Å². The van der Waals surface area contributed by atoms with Gasteiger partial charge in [-0.3, -0.25) is 14.5 Å². The minimum absolute atomic E-state index is 0.168. The van der Waals surface area contributed by atoms with Crippen molar-refractivity contribution in [3.63, 3.8) is 0 Å². The third-order valence-electron chi connectivity index (χ3n) is 5.30.